The van der Waals surface area contributed by atoms with Crippen LogP contribution in [-0.4, -0.2) is 20.1 Å². The van der Waals surface area contributed by atoms with E-state index in [1.54, 1.807) is 5.43 Å². The Kier molecular flexibility index (Phi) is 3.26. The Morgan fingerprint density at radius 2 is 2.00 bits per heavy atom. The molecule has 0 aromatic heterocycles. The van der Waals surface area contributed by atoms with Gasteiger partial charge in [-0.05, 0) is 0 Å². The summed E-state index contributed by atoms with van der Waals surface area (Å²) in [7, 11) is -3.55. The fraction of sp³-hybridized carbons (Fsp3) is 0.667. The second-order valence-electron chi connectivity index (χ2n) is 1.68. The number of hydrogen-bond acceptors (Lipinski definition) is 4. The van der Waals surface area contributed by atoms with Crippen molar-refractivity contribution in [1.82, 2.24) is 5.43 Å². The Morgan fingerprint density at radius 3 is 2.30 bits per heavy atom. The zero-order chi connectivity index (χ0) is 8.20. The summed E-state index contributed by atoms with van der Waals surface area (Å²) in [5.41, 5.74) is 1.78. The number of hydrazine groups is 1. The third kappa shape index (κ3) is 5.48. The summed E-state index contributed by atoms with van der Waals surface area (Å²) in [6, 6.07) is 0. The van der Waals surface area contributed by atoms with Gasteiger partial charge < -0.3 is 0 Å². The van der Waals surface area contributed by atoms with Crippen molar-refractivity contribution in [3.63, 3.8) is 0 Å². The standard InChI is InChI=1S/C3H9N3O3S/c4-6-3(7)1-2-10(5,8)9/h1-2,4H2,(H,6,7)(H2,5,8,9). The second-order valence-corrected chi connectivity index (χ2v) is 3.42. The smallest absolute Gasteiger partial charge is 0.234 e. The number of nitrogens with one attached hydrogen (secondary N) is 1. The highest BCUT2D eigenvalue weighted by Crippen LogP contribution is 1.83. The summed E-state index contributed by atoms with van der Waals surface area (Å²) in [5, 5.41) is 4.59. The fourth-order valence-corrected chi connectivity index (χ4v) is 0.777. The first-order valence-corrected chi connectivity index (χ1v) is 4.17. The molecule has 0 radical (unpaired) electrons. The van der Waals surface area contributed by atoms with E-state index in [4.69, 9.17) is 0 Å². The molecule has 0 aromatic carbocycles. The van der Waals surface area contributed by atoms with Crippen LogP contribution in [0.2, 0.25) is 0 Å². The molecule has 0 saturated heterocycles. The van der Waals surface area contributed by atoms with Crippen LogP contribution in [0.3, 0.4) is 0 Å². The normalized spacial score (nSPS) is 11.0. The molecule has 0 spiro atoms. The van der Waals surface area contributed by atoms with Crippen molar-refractivity contribution in [2.45, 2.75) is 6.42 Å². The average molecular weight is 167 g/mol. The summed E-state index contributed by atoms with van der Waals surface area (Å²) in [6.07, 6.45) is -0.199. The molecule has 0 bridgehead atoms. The maximum Gasteiger partial charge on any atom is 0.234 e. The fourth-order valence-electron chi connectivity index (χ4n) is 0.307. The Balaban J connectivity index is 3.67. The number of carbonyl (C=O) groups excluding carboxylic acids is 1. The van der Waals surface area contributed by atoms with Crippen molar-refractivity contribution < 1.29 is 13.2 Å². The highest BCUT2D eigenvalue weighted by Gasteiger charge is 2.05. The van der Waals surface area contributed by atoms with Gasteiger partial charge in [0.1, 0.15) is 0 Å². The van der Waals surface area contributed by atoms with E-state index in [0.717, 1.165) is 0 Å². The molecule has 1 amide bonds. The lowest BCUT2D eigenvalue weighted by Crippen LogP contribution is -2.32. The van der Waals surface area contributed by atoms with Gasteiger partial charge in [0, 0.05) is 6.42 Å². The molecule has 10 heavy (non-hydrogen) atoms. The minimum atomic E-state index is -3.55. The summed E-state index contributed by atoms with van der Waals surface area (Å²) in [5.74, 6) is 3.74. The predicted octanol–water partition coefficient (Wildman–Crippen LogP) is -2.35. The van der Waals surface area contributed by atoms with Crippen LogP contribution in [0, 0.1) is 0 Å². The van der Waals surface area contributed by atoms with Crippen LogP contribution in [0.4, 0.5) is 0 Å². The van der Waals surface area contributed by atoms with Gasteiger partial charge in [0.25, 0.3) is 0 Å². The molecule has 7 heteroatoms. The number of amides is 1. The highest BCUT2D eigenvalue weighted by atomic mass is 32.2. The molecule has 0 aromatic rings. The third-order valence-corrected chi connectivity index (χ3v) is 1.55. The van der Waals surface area contributed by atoms with Gasteiger partial charge >= 0.3 is 0 Å². The summed E-state index contributed by atoms with van der Waals surface area (Å²) in [6.45, 7) is 0. The van der Waals surface area contributed by atoms with Crippen molar-refractivity contribution in [3.8, 4) is 0 Å². The van der Waals surface area contributed by atoms with Gasteiger partial charge in [0.15, 0.2) is 0 Å². The van der Waals surface area contributed by atoms with E-state index >= 15 is 0 Å². The Bertz CT molecular complexity index is 209. The van der Waals surface area contributed by atoms with Crippen LogP contribution in [0.1, 0.15) is 6.42 Å². The highest BCUT2D eigenvalue weighted by molar-refractivity contribution is 7.89. The SMILES string of the molecule is NNC(=O)CCS(N)(=O)=O. The van der Waals surface area contributed by atoms with Crippen LogP contribution in [0.25, 0.3) is 0 Å². The van der Waals surface area contributed by atoms with E-state index in [-0.39, 0.29) is 12.2 Å². The number of nitrogens with two attached hydrogens (primary N) is 2. The van der Waals surface area contributed by atoms with Crippen molar-refractivity contribution in [1.29, 1.82) is 0 Å². The first-order valence-electron chi connectivity index (χ1n) is 2.45. The van der Waals surface area contributed by atoms with Crippen molar-refractivity contribution in [2.24, 2.45) is 11.0 Å². The van der Waals surface area contributed by atoms with Gasteiger partial charge in [0.05, 0.1) is 5.75 Å². The molecule has 5 N–H and O–H groups in total. The summed E-state index contributed by atoms with van der Waals surface area (Å²) >= 11 is 0. The quantitative estimate of drug-likeness (QED) is 0.248. The number of hydrogen-bond donors (Lipinski definition) is 3. The lowest BCUT2D eigenvalue weighted by molar-refractivity contribution is -0.120. The molecule has 0 fully saturated rings. The zero-order valence-electron chi connectivity index (χ0n) is 5.20. The first-order chi connectivity index (χ1) is 4.45. The molecule has 0 aliphatic carbocycles. The maximum atomic E-state index is 10.3. The molecule has 6 nitrogen and oxygen atoms in total. The molecule has 0 saturated carbocycles. The minimum Gasteiger partial charge on any atom is -0.294 e. The van der Waals surface area contributed by atoms with Crippen LogP contribution < -0.4 is 16.4 Å². The van der Waals surface area contributed by atoms with Gasteiger partial charge in [0.2, 0.25) is 15.9 Å². The number of primary sulfonamides is 1. The van der Waals surface area contributed by atoms with Crippen molar-refractivity contribution in [3.05, 3.63) is 0 Å². The second kappa shape index (κ2) is 3.49. The summed E-state index contributed by atoms with van der Waals surface area (Å²) < 4.78 is 20.4. The number of sulfonamides is 1. The molecule has 0 atom stereocenters. The Morgan fingerprint density at radius 1 is 1.50 bits per heavy atom. The van der Waals surface area contributed by atoms with Crippen LogP contribution >= 0.6 is 0 Å². The van der Waals surface area contributed by atoms with E-state index in [1.165, 1.54) is 0 Å². The monoisotopic (exact) mass is 167 g/mol. The van der Waals surface area contributed by atoms with Gasteiger partial charge in [-0.2, -0.15) is 0 Å². The van der Waals surface area contributed by atoms with E-state index in [9.17, 15) is 13.2 Å². The number of rotatable bonds is 3. The van der Waals surface area contributed by atoms with Gasteiger partial charge in [-0.1, -0.05) is 0 Å². The molecule has 0 aliphatic rings. The van der Waals surface area contributed by atoms with E-state index in [1.807, 2.05) is 0 Å². The van der Waals surface area contributed by atoms with Gasteiger partial charge in [-0.3, -0.25) is 10.2 Å². The van der Waals surface area contributed by atoms with E-state index in [0.29, 0.717) is 0 Å². The van der Waals surface area contributed by atoms with Crippen molar-refractivity contribution >= 4 is 15.9 Å². The molecule has 60 valence electrons. The van der Waals surface area contributed by atoms with E-state index < -0.39 is 15.9 Å². The van der Waals surface area contributed by atoms with Crippen LogP contribution in [-0.2, 0) is 14.8 Å². The molecular formula is C3H9N3O3S. The minimum absolute atomic E-state index is 0.199. The van der Waals surface area contributed by atoms with Gasteiger partial charge in [-0.25, -0.2) is 19.4 Å². The molecule has 0 rings (SSSR count). The lowest BCUT2D eigenvalue weighted by Gasteiger charge is -1.95. The molecular weight excluding hydrogens is 158 g/mol. The lowest BCUT2D eigenvalue weighted by atomic mass is 10.5. The molecule has 0 unspecified atom stereocenters. The third-order valence-electron chi connectivity index (χ3n) is 0.775. The van der Waals surface area contributed by atoms with Gasteiger partial charge in [-0.15, -0.1) is 0 Å². The van der Waals surface area contributed by atoms with Crippen LogP contribution in [0.15, 0.2) is 0 Å². The Hall–Kier alpha value is -0.660. The molecule has 0 heterocycles. The average Bonchev–Trinajstić information content (AvgIpc) is 1.81. The van der Waals surface area contributed by atoms with Crippen molar-refractivity contribution in [2.75, 3.05) is 5.75 Å². The predicted molar refractivity (Wildman–Crippen MR) is 34.9 cm³/mol. The largest absolute Gasteiger partial charge is 0.294 e. The molecule has 0 aliphatic heterocycles. The first kappa shape index (κ1) is 9.34. The topological polar surface area (TPSA) is 115 Å². The number of carbonyl (C=O) groups is 1. The Labute approximate surface area is 58.6 Å². The summed E-state index contributed by atoms with van der Waals surface area (Å²) in [4.78, 5) is 10.3. The van der Waals surface area contributed by atoms with E-state index in [2.05, 4.69) is 11.0 Å². The van der Waals surface area contributed by atoms with Crippen LogP contribution in [0.5, 0.6) is 0 Å². The maximum absolute atomic E-state index is 10.3. The zero-order valence-corrected chi connectivity index (χ0v) is 6.02.